The lowest BCUT2D eigenvalue weighted by atomic mass is 10.1. The zero-order valence-electron chi connectivity index (χ0n) is 16.3. The van der Waals surface area contributed by atoms with Gasteiger partial charge in [-0.05, 0) is 49.8 Å². The van der Waals surface area contributed by atoms with Gasteiger partial charge in [0.05, 0.1) is 0 Å². The molecule has 2 nitrogen and oxygen atoms in total. The summed E-state index contributed by atoms with van der Waals surface area (Å²) < 4.78 is 2.36. The number of hydrogen-bond donors (Lipinski definition) is 0. The van der Waals surface area contributed by atoms with E-state index in [1.165, 1.54) is 33.5 Å². The molecule has 3 aromatic rings. The number of aromatic nitrogens is 1. The Morgan fingerprint density at radius 3 is 2.50 bits per heavy atom. The SMILES string of the molecule is CCN1C(=CC=Cc2ccc3ccccc3[n+]2CC)C=Cc2ccccc21.[Cl-]. The molecule has 28 heavy (non-hydrogen) atoms. The van der Waals surface area contributed by atoms with Crippen LogP contribution < -0.4 is 21.9 Å². The Morgan fingerprint density at radius 1 is 0.893 bits per heavy atom. The summed E-state index contributed by atoms with van der Waals surface area (Å²) in [6.07, 6.45) is 11.0. The first-order valence-electron chi connectivity index (χ1n) is 9.66. The zero-order chi connectivity index (χ0) is 18.6. The maximum atomic E-state index is 2.36. The second-order valence-electron chi connectivity index (χ2n) is 6.65. The van der Waals surface area contributed by atoms with Gasteiger partial charge in [-0.25, -0.2) is 0 Å². The number of aryl methyl sites for hydroxylation is 1. The van der Waals surface area contributed by atoms with Crippen molar-refractivity contribution in [2.24, 2.45) is 0 Å². The Bertz CT molecular complexity index is 1060. The summed E-state index contributed by atoms with van der Waals surface area (Å²) in [7, 11) is 0. The van der Waals surface area contributed by atoms with Gasteiger partial charge in [-0.3, -0.25) is 0 Å². The van der Waals surface area contributed by atoms with E-state index in [4.69, 9.17) is 0 Å². The van der Waals surface area contributed by atoms with Crippen LogP contribution in [-0.4, -0.2) is 6.54 Å². The van der Waals surface area contributed by atoms with Crippen molar-refractivity contribution in [3.63, 3.8) is 0 Å². The smallest absolute Gasteiger partial charge is 0.212 e. The Balaban J connectivity index is 0.00000225. The summed E-state index contributed by atoms with van der Waals surface area (Å²) in [6.45, 7) is 6.29. The fourth-order valence-electron chi connectivity index (χ4n) is 3.80. The standard InChI is InChI=1S/C25H25N2.ClH/c1-3-26-22(18-16-20-10-5-7-14-24(20)26)12-9-13-23-19-17-21-11-6-8-15-25(21)27(23)4-2;/h5-19H,3-4H2,1-2H3;1H/q+1;/p-1. The van der Waals surface area contributed by atoms with Crippen molar-refractivity contribution in [1.29, 1.82) is 0 Å². The molecule has 0 saturated carbocycles. The van der Waals surface area contributed by atoms with Crippen molar-refractivity contribution >= 4 is 28.7 Å². The first-order valence-corrected chi connectivity index (χ1v) is 9.66. The Hall–Kier alpha value is -2.84. The van der Waals surface area contributed by atoms with Crippen LogP contribution in [0.15, 0.2) is 84.6 Å². The van der Waals surface area contributed by atoms with Crippen LogP contribution in [0.25, 0.3) is 23.1 Å². The van der Waals surface area contributed by atoms with Gasteiger partial charge in [-0.15, -0.1) is 0 Å². The van der Waals surface area contributed by atoms with E-state index >= 15 is 0 Å². The number of likely N-dealkylation sites (N-methyl/N-ethyl adjacent to an activating group) is 1. The monoisotopic (exact) mass is 388 g/mol. The van der Waals surface area contributed by atoms with Gasteiger partial charge < -0.3 is 17.3 Å². The van der Waals surface area contributed by atoms with Crippen LogP contribution in [0.4, 0.5) is 5.69 Å². The number of pyridine rings is 1. The van der Waals surface area contributed by atoms with Crippen LogP contribution in [0.5, 0.6) is 0 Å². The molecule has 0 spiro atoms. The topological polar surface area (TPSA) is 7.12 Å². The van der Waals surface area contributed by atoms with E-state index in [-0.39, 0.29) is 12.4 Å². The molecule has 2 aromatic carbocycles. The number of halogens is 1. The molecule has 3 heteroatoms. The normalized spacial score (nSPS) is 14.5. The molecular weight excluding hydrogens is 364 g/mol. The fraction of sp³-hybridized carbons (Fsp3) is 0.160. The van der Waals surface area contributed by atoms with Crippen LogP contribution >= 0.6 is 0 Å². The first kappa shape index (κ1) is 19.9. The van der Waals surface area contributed by atoms with Gasteiger partial charge in [0.15, 0.2) is 0 Å². The van der Waals surface area contributed by atoms with Crippen molar-refractivity contribution in [3.05, 3.63) is 95.8 Å². The molecule has 0 unspecified atom stereocenters. The van der Waals surface area contributed by atoms with Crippen LogP contribution in [0, 0.1) is 0 Å². The number of anilines is 1. The van der Waals surface area contributed by atoms with E-state index in [0.717, 1.165) is 13.1 Å². The van der Waals surface area contributed by atoms with E-state index in [0.29, 0.717) is 0 Å². The molecule has 0 fully saturated rings. The minimum absolute atomic E-state index is 0. The molecule has 4 rings (SSSR count). The lowest BCUT2D eigenvalue weighted by Gasteiger charge is -2.29. The highest BCUT2D eigenvalue weighted by Crippen LogP contribution is 2.30. The van der Waals surface area contributed by atoms with E-state index < -0.39 is 0 Å². The number of fused-ring (bicyclic) bond motifs is 2. The van der Waals surface area contributed by atoms with Crippen molar-refractivity contribution in [2.45, 2.75) is 20.4 Å². The average molecular weight is 389 g/mol. The molecule has 0 amide bonds. The highest BCUT2D eigenvalue weighted by molar-refractivity contribution is 5.77. The van der Waals surface area contributed by atoms with Gasteiger partial charge in [0, 0.05) is 41.5 Å². The van der Waals surface area contributed by atoms with Crippen LogP contribution in [-0.2, 0) is 6.54 Å². The van der Waals surface area contributed by atoms with Crippen molar-refractivity contribution in [2.75, 3.05) is 11.4 Å². The summed E-state index contributed by atoms with van der Waals surface area (Å²) in [5.74, 6) is 0. The summed E-state index contributed by atoms with van der Waals surface area (Å²) in [5.41, 5.74) is 6.26. The van der Waals surface area contributed by atoms with Gasteiger partial charge in [0.1, 0.15) is 6.54 Å². The molecule has 0 radical (unpaired) electrons. The quantitative estimate of drug-likeness (QED) is 0.623. The number of allylic oxidation sites excluding steroid dienone is 3. The van der Waals surface area contributed by atoms with Crippen molar-refractivity contribution in [3.8, 4) is 0 Å². The van der Waals surface area contributed by atoms with Gasteiger partial charge in [0.25, 0.3) is 0 Å². The Kier molecular flexibility index (Phi) is 6.33. The first-order chi connectivity index (χ1) is 13.3. The van der Waals surface area contributed by atoms with Crippen LogP contribution in [0.2, 0.25) is 0 Å². The lowest BCUT2D eigenvalue weighted by molar-refractivity contribution is -0.669. The predicted molar refractivity (Wildman–Crippen MR) is 115 cm³/mol. The third-order valence-corrected chi connectivity index (χ3v) is 5.11. The fourth-order valence-corrected chi connectivity index (χ4v) is 3.80. The lowest BCUT2D eigenvalue weighted by Crippen LogP contribution is -3.00. The number of hydrogen-bond acceptors (Lipinski definition) is 1. The number of rotatable bonds is 4. The molecule has 142 valence electrons. The third-order valence-electron chi connectivity index (χ3n) is 5.11. The highest BCUT2D eigenvalue weighted by atomic mass is 35.5. The highest BCUT2D eigenvalue weighted by Gasteiger charge is 2.15. The van der Waals surface area contributed by atoms with Crippen molar-refractivity contribution in [1.82, 2.24) is 0 Å². The van der Waals surface area contributed by atoms with Gasteiger partial charge >= 0.3 is 0 Å². The maximum absolute atomic E-state index is 2.36. The summed E-state index contributed by atoms with van der Waals surface area (Å²) >= 11 is 0. The molecule has 0 saturated heterocycles. The second kappa shape index (κ2) is 8.90. The van der Waals surface area contributed by atoms with E-state index in [9.17, 15) is 0 Å². The summed E-state index contributed by atoms with van der Waals surface area (Å²) in [6, 6.07) is 21.5. The molecule has 1 aromatic heterocycles. The Labute approximate surface area is 173 Å². The maximum Gasteiger partial charge on any atom is 0.212 e. The Morgan fingerprint density at radius 2 is 1.68 bits per heavy atom. The second-order valence-corrected chi connectivity index (χ2v) is 6.65. The zero-order valence-corrected chi connectivity index (χ0v) is 17.1. The predicted octanol–water partition coefficient (Wildman–Crippen LogP) is 2.60. The third kappa shape index (κ3) is 3.74. The molecule has 0 aliphatic carbocycles. The summed E-state index contributed by atoms with van der Waals surface area (Å²) in [5, 5.41) is 1.28. The molecule has 0 atom stereocenters. The van der Waals surface area contributed by atoms with E-state index in [1.54, 1.807) is 0 Å². The summed E-state index contributed by atoms with van der Waals surface area (Å²) in [4.78, 5) is 2.36. The molecule has 1 aliphatic heterocycles. The van der Waals surface area contributed by atoms with Gasteiger partial charge in [0.2, 0.25) is 11.2 Å². The van der Waals surface area contributed by atoms with Gasteiger partial charge in [-0.2, -0.15) is 4.57 Å². The van der Waals surface area contributed by atoms with Crippen molar-refractivity contribution < 1.29 is 17.0 Å². The van der Waals surface area contributed by atoms with E-state index in [2.05, 4.69) is 114 Å². The van der Waals surface area contributed by atoms with Crippen LogP contribution in [0.3, 0.4) is 0 Å². The number of benzene rings is 2. The number of para-hydroxylation sites is 2. The van der Waals surface area contributed by atoms with Gasteiger partial charge in [-0.1, -0.05) is 42.5 Å². The minimum Gasteiger partial charge on any atom is -1.00 e. The average Bonchev–Trinajstić information content (AvgIpc) is 2.73. The van der Waals surface area contributed by atoms with E-state index in [1.807, 2.05) is 0 Å². The molecule has 0 N–H and O–H groups in total. The molecule has 1 aliphatic rings. The number of nitrogens with zero attached hydrogens (tertiary/aromatic N) is 2. The molecule has 0 bridgehead atoms. The molecular formula is C25H25ClN2. The largest absolute Gasteiger partial charge is 1.00 e. The van der Waals surface area contributed by atoms with Crippen LogP contribution in [0.1, 0.15) is 25.1 Å². The molecule has 2 heterocycles. The minimum atomic E-state index is 0.